The molecule has 174 valence electrons. The SMILES string of the molecule is C[C@@H](CN1C[C@@H]2C[C@H]1C(=O)N2[C@@H](c1ccc(F)cc1)C1CCC1)C(=O)N1C2C[C@H]2C[C@H]1C#N. The number of hydrogen-bond donors (Lipinski definition) is 0. The van der Waals surface area contributed by atoms with Crippen LogP contribution in [0.1, 0.15) is 57.1 Å². The molecule has 3 saturated heterocycles. The van der Waals surface area contributed by atoms with Crippen molar-refractivity contribution in [1.29, 1.82) is 5.26 Å². The number of halogens is 1. The molecule has 0 N–H and O–H groups in total. The van der Waals surface area contributed by atoms with Crippen molar-refractivity contribution in [2.45, 2.75) is 75.7 Å². The van der Waals surface area contributed by atoms with Gasteiger partial charge in [-0.1, -0.05) is 25.5 Å². The number of carbonyl (C=O) groups excluding carboxylic acids is 2. The number of nitriles is 1. The fourth-order valence-corrected chi connectivity index (χ4v) is 6.90. The number of carbonyl (C=O) groups is 2. The Morgan fingerprint density at radius 2 is 1.97 bits per heavy atom. The van der Waals surface area contributed by atoms with E-state index in [9.17, 15) is 19.2 Å². The molecule has 2 amide bonds. The van der Waals surface area contributed by atoms with Crippen LogP contribution >= 0.6 is 0 Å². The second-order valence-electron chi connectivity index (χ2n) is 10.9. The van der Waals surface area contributed by atoms with Crippen LogP contribution in [0.3, 0.4) is 0 Å². The van der Waals surface area contributed by atoms with Crippen LogP contribution in [0.25, 0.3) is 0 Å². The zero-order valence-corrected chi connectivity index (χ0v) is 19.1. The van der Waals surface area contributed by atoms with Crippen LogP contribution in [-0.2, 0) is 9.59 Å². The quantitative estimate of drug-likeness (QED) is 0.668. The van der Waals surface area contributed by atoms with E-state index in [0.717, 1.165) is 44.2 Å². The van der Waals surface area contributed by atoms with Crippen LogP contribution in [0.4, 0.5) is 4.39 Å². The van der Waals surface area contributed by atoms with Crippen molar-refractivity contribution in [3.63, 3.8) is 0 Å². The summed E-state index contributed by atoms with van der Waals surface area (Å²) >= 11 is 0. The van der Waals surface area contributed by atoms with E-state index in [1.54, 1.807) is 0 Å². The Morgan fingerprint density at radius 1 is 1.21 bits per heavy atom. The maximum Gasteiger partial charge on any atom is 0.240 e. The molecule has 1 aromatic rings. The summed E-state index contributed by atoms with van der Waals surface area (Å²) in [7, 11) is 0. The summed E-state index contributed by atoms with van der Waals surface area (Å²) in [4.78, 5) is 32.8. The third-order valence-electron chi connectivity index (χ3n) is 8.86. The molecule has 0 spiro atoms. The average molecular weight is 451 g/mol. The number of rotatable bonds is 6. The van der Waals surface area contributed by atoms with Gasteiger partial charge in [-0.3, -0.25) is 14.5 Å². The Hall–Kier alpha value is -2.46. The van der Waals surface area contributed by atoms with Gasteiger partial charge in [0.1, 0.15) is 11.9 Å². The van der Waals surface area contributed by atoms with Gasteiger partial charge in [0.2, 0.25) is 11.8 Å². The summed E-state index contributed by atoms with van der Waals surface area (Å²) in [6, 6.07) is 8.94. The summed E-state index contributed by atoms with van der Waals surface area (Å²) in [5, 5.41) is 9.45. The Balaban J connectivity index is 1.15. The van der Waals surface area contributed by atoms with E-state index in [1.807, 2.05) is 24.0 Å². The number of fused-ring (bicyclic) bond motifs is 3. The number of amides is 2. The molecule has 3 heterocycles. The fourth-order valence-electron chi connectivity index (χ4n) is 6.90. The maximum atomic E-state index is 13.5. The average Bonchev–Trinajstić information content (AvgIpc) is 3.11. The van der Waals surface area contributed by atoms with E-state index in [1.165, 1.54) is 18.6 Å². The Kier molecular flexibility index (Phi) is 4.99. The molecule has 5 fully saturated rings. The van der Waals surface area contributed by atoms with Crippen LogP contribution < -0.4 is 0 Å². The van der Waals surface area contributed by atoms with E-state index in [2.05, 4.69) is 15.9 Å². The first-order valence-corrected chi connectivity index (χ1v) is 12.5. The van der Waals surface area contributed by atoms with Crippen LogP contribution in [-0.4, -0.2) is 63.8 Å². The van der Waals surface area contributed by atoms with Crippen molar-refractivity contribution >= 4 is 11.8 Å². The van der Waals surface area contributed by atoms with E-state index < -0.39 is 0 Å². The zero-order chi connectivity index (χ0) is 22.9. The van der Waals surface area contributed by atoms with Crippen LogP contribution in [0.15, 0.2) is 24.3 Å². The van der Waals surface area contributed by atoms with Crippen LogP contribution in [0.5, 0.6) is 0 Å². The molecule has 33 heavy (non-hydrogen) atoms. The van der Waals surface area contributed by atoms with Gasteiger partial charge in [-0.05, 0) is 61.6 Å². The zero-order valence-electron chi connectivity index (χ0n) is 19.1. The van der Waals surface area contributed by atoms with Gasteiger partial charge < -0.3 is 9.80 Å². The molecule has 7 heteroatoms. The van der Waals surface area contributed by atoms with E-state index >= 15 is 0 Å². The van der Waals surface area contributed by atoms with Gasteiger partial charge in [0.15, 0.2) is 0 Å². The molecule has 0 aromatic heterocycles. The summed E-state index contributed by atoms with van der Waals surface area (Å²) in [6.07, 6.45) is 6.05. The number of hydrogen-bond acceptors (Lipinski definition) is 4. The van der Waals surface area contributed by atoms with Crippen molar-refractivity contribution in [2.75, 3.05) is 13.1 Å². The second kappa shape index (κ2) is 7.80. The third kappa shape index (κ3) is 3.37. The number of piperidine rings is 1. The normalized spacial score (nSPS) is 34.7. The van der Waals surface area contributed by atoms with Crippen LogP contribution in [0.2, 0.25) is 0 Å². The highest BCUT2D eigenvalue weighted by Crippen LogP contribution is 2.49. The van der Waals surface area contributed by atoms with Crippen molar-refractivity contribution in [1.82, 2.24) is 14.7 Å². The summed E-state index contributed by atoms with van der Waals surface area (Å²) < 4.78 is 13.5. The largest absolute Gasteiger partial charge is 0.330 e. The molecule has 2 saturated carbocycles. The molecule has 6 rings (SSSR count). The summed E-state index contributed by atoms with van der Waals surface area (Å²) in [6.45, 7) is 3.29. The van der Waals surface area contributed by atoms with Gasteiger partial charge in [0, 0.05) is 31.1 Å². The smallest absolute Gasteiger partial charge is 0.240 e. The van der Waals surface area contributed by atoms with Crippen molar-refractivity contribution in [3.05, 3.63) is 35.6 Å². The highest BCUT2D eigenvalue weighted by Gasteiger charge is 2.56. The lowest BCUT2D eigenvalue weighted by molar-refractivity contribution is -0.144. The predicted molar refractivity (Wildman–Crippen MR) is 119 cm³/mol. The van der Waals surface area contributed by atoms with Gasteiger partial charge in [-0.2, -0.15) is 5.26 Å². The first-order valence-electron chi connectivity index (χ1n) is 12.5. The number of likely N-dealkylation sites (tertiary alicyclic amines) is 3. The fraction of sp³-hybridized carbons (Fsp3) is 0.654. The van der Waals surface area contributed by atoms with Crippen molar-refractivity contribution in [3.8, 4) is 6.07 Å². The van der Waals surface area contributed by atoms with Crippen molar-refractivity contribution in [2.24, 2.45) is 17.8 Å². The van der Waals surface area contributed by atoms with Gasteiger partial charge in [0.25, 0.3) is 0 Å². The first-order chi connectivity index (χ1) is 16.0. The molecular weight excluding hydrogens is 419 g/mol. The van der Waals surface area contributed by atoms with Gasteiger partial charge >= 0.3 is 0 Å². The van der Waals surface area contributed by atoms with Gasteiger partial charge in [-0.15, -0.1) is 0 Å². The molecule has 2 bridgehead atoms. The molecule has 0 radical (unpaired) electrons. The lowest BCUT2D eigenvalue weighted by Crippen LogP contribution is -2.55. The van der Waals surface area contributed by atoms with E-state index in [0.29, 0.717) is 18.4 Å². The highest BCUT2D eigenvalue weighted by molar-refractivity contribution is 5.86. The molecular formula is C26H31FN4O2. The molecule has 7 atom stereocenters. The minimum Gasteiger partial charge on any atom is -0.330 e. The minimum absolute atomic E-state index is 0.0239. The summed E-state index contributed by atoms with van der Waals surface area (Å²) in [5.41, 5.74) is 1.03. The monoisotopic (exact) mass is 450 g/mol. The van der Waals surface area contributed by atoms with Gasteiger partial charge in [-0.25, -0.2) is 4.39 Å². The Morgan fingerprint density at radius 3 is 2.61 bits per heavy atom. The molecule has 2 aliphatic carbocycles. The highest BCUT2D eigenvalue weighted by atomic mass is 19.1. The number of nitrogens with zero attached hydrogens (tertiary/aromatic N) is 4. The van der Waals surface area contributed by atoms with Gasteiger partial charge in [0.05, 0.1) is 18.2 Å². The molecule has 6 nitrogen and oxygen atoms in total. The first kappa shape index (κ1) is 21.1. The standard InChI is InChI=1S/C26H31FN4O2/c1-15(25(32)30-20(12-28)9-18-10-22(18)30)13-29-14-21-11-23(29)26(33)31(21)24(16-3-2-4-16)17-5-7-19(27)8-6-17/h5-8,15-16,18,20-24H,2-4,9-11,13-14H2,1H3/t15-,18+,20-,21-,22?,23-,24+/m0/s1. The van der Waals surface area contributed by atoms with E-state index in [4.69, 9.17) is 0 Å². The molecule has 1 aromatic carbocycles. The number of benzene rings is 1. The minimum atomic E-state index is -0.283. The Labute approximate surface area is 194 Å². The maximum absolute atomic E-state index is 13.5. The molecule has 3 aliphatic heterocycles. The number of piperazine rings is 1. The lowest BCUT2D eigenvalue weighted by atomic mass is 9.76. The molecule has 1 unspecified atom stereocenters. The Bertz CT molecular complexity index is 1000. The van der Waals surface area contributed by atoms with Crippen molar-refractivity contribution < 1.29 is 14.0 Å². The van der Waals surface area contributed by atoms with Crippen LogP contribution in [0, 0.1) is 34.9 Å². The second-order valence-corrected chi connectivity index (χ2v) is 10.9. The molecule has 5 aliphatic rings. The summed E-state index contributed by atoms with van der Waals surface area (Å²) in [5.74, 6) is 0.707. The van der Waals surface area contributed by atoms with E-state index in [-0.39, 0.29) is 53.8 Å². The third-order valence-corrected chi connectivity index (χ3v) is 8.86. The predicted octanol–water partition coefficient (Wildman–Crippen LogP) is 3.10. The lowest BCUT2D eigenvalue weighted by Gasteiger charge is -2.45. The topological polar surface area (TPSA) is 67.7 Å².